The number of hydrogen-bond donors (Lipinski definition) is 2. The second-order valence-corrected chi connectivity index (χ2v) is 7.87. The van der Waals surface area contributed by atoms with Crippen molar-refractivity contribution in [2.75, 3.05) is 12.1 Å². The summed E-state index contributed by atoms with van der Waals surface area (Å²) in [6.45, 7) is 7.65. The van der Waals surface area contributed by atoms with E-state index in [-0.39, 0.29) is 12.7 Å². The van der Waals surface area contributed by atoms with Crippen LogP contribution in [0.3, 0.4) is 0 Å². The van der Waals surface area contributed by atoms with Crippen LogP contribution in [0.25, 0.3) is 0 Å². The molecule has 2 fully saturated rings. The first-order valence-electron chi connectivity index (χ1n) is 8.38. The molecule has 1 aromatic rings. The minimum Gasteiger partial charge on any atom is -0.456 e. The van der Waals surface area contributed by atoms with Crippen LogP contribution in [0.4, 0.5) is 5.69 Å². The average molecular weight is 346 g/mol. The van der Waals surface area contributed by atoms with Gasteiger partial charge in [-0.3, -0.25) is 14.9 Å². The highest BCUT2D eigenvalue weighted by atomic mass is 16.7. The summed E-state index contributed by atoms with van der Waals surface area (Å²) in [6.07, 6.45) is 0.513. The van der Waals surface area contributed by atoms with Crippen molar-refractivity contribution in [1.82, 2.24) is 5.32 Å². The number of hydrogen-bond acceptors (Lipinski definition) is 6. The number of carbonyl (C=O) groups excluding carboxylic acids is 2. The summed E-state index contributed by atoms with van der Waals surface area (Å²) in [5.74, 6) is 0.115. The first-order chi connectivity index (χ1) is 11.6. The van der Waals surface area contributed by atoms with Gasteiger partial charge in [0.15, 0.2) is 11.5 Å². The molecule has 1 amide bonds. The molecule has 134 valence electrons. The molecule has 0 saturated carbocycles. The van der Waals surface area contributed by atoms with E-state index >= 15 is 0 Å². The quantitative estimate of drug-likeness (QED) is 0.795. The van der Waals surface area contributed by atoms with Gasteiger partial charge < -0.3 is 19.5 Å². The van der Waals surface area contributed by atoms with E-state index in [4.69, 9.17) is 14.2 Å². The third kappa shape index (κ3) is 2.22. The third-order valence-corrected chi connectivity index (χ3v) is 5.90. The Hall–Kier alpha value is -2.28. The predicted octanol–water partition coefficient (Wildman–Crippen LogP) is 1.82. The number of cyclic esters (lactones) is 1. The summed E-state index contributed by atoms with van der Waals surface area (Å²) >= 11 is 0. The molecule has 7 nitrogen and oxygen atoms in total. The number of nitrogens with one attached hydrogen (secondary N) is 2. The van der Waals surface area contributed by atoms with Gasteiger partial charge in [0.25, 0.3) is 0 Å². The maximum Gasteiger partial charge on any atom is 0.327 e. The number of amides is 1. The smallest absolute Gasteiger partial charge is 0.327 e. The van der Waals surface area contributed by atoms with E-state index in [2.05, 4.69) is 10.6 Å². The number of esters is 1. The van der Waals surface area contributed by atoms with Gasteiger partial charge in [0.05, 0.1) is 11.5 Å². The average Bonchev–Trinajstić information content (AvgIpc) is 3.08. The lowest BCUT2D eigenvalue weighted by molar-refractivity contribution is -0.181. The minimum absolute atomic E-state index is 0.177. The van der Waals surface area contributed by atoms with Crippen LogP contribution in [-0.2, 0) is 14.3 Å². The Morgan fingerprint density at radius 1 is 1.20 bits per heavy atom. The van der Waals surface area contributed by atoms with Gasteiger partial charge in [-0.2, -0.15) is 0 Å². The van der Waals surface area contributed by atoms with Crippen LogP contribution >= 0.6 is 0 Å². The van der Waals surface area contributed by atoms with E-state index in [1.54, 1.807) is 25.1 Å². The van der Waals surface area contributed by atoms with Crippen molar-refractivity contribution in [3.05, 3.63) is 18.2 Å². The van der Waals surface area contributed by atoms with Gasteiger partial charge in [0, 0.05) is 11.8 Å². The van der Waals surface area contributed by atoms with E-state index in [0.29, 0.717) is 23.6 Å². The third-order valence-electron chi connectivity index (χ3n) is 5.90. The van der Waals surface area contributed by atoms with Crippen molar-refractivity contribution in [3.63, 3.8) is 0 Å². The van der Waals surface area contributed by atoms with Gasteiger partial charge in [-0.25, -0.2) is 0 Å². The van der Waals surface area contributed by atoms with Crippen molar-refractivity contribution >= 4 is 17.6 Å². The normalized spacial score (nSPS) is 34.6. The SMILES string of the molecule is CC1(C)OC(=O)[C@@]2(C)N[C@]1(C)C[C@@H]2C(=O)Nc1ccc2c(c1)OCO2. The van der Waals surface area contributed by atoms with Gasteiger partial charge in [-0.05, 0) is 46.2 Å². The molecule has 0 radical (unpaired) electrons. The van der Waals surface area contributed by atoms with Crippen LogP contribution in [0, 0.1) is 5.92 Å². The standard InChI is InChI=1S/C18H22N2O5/c1-16(2)17(3)8-11(18(4,20-17)15(22)25-16)14(21)19-10-5-6-12-13(7-10)24-9-23-12/h5-7,11,20H,8-9H2,1-4H3,(H,19,21)/t11-,17-,18+/m1/s1. The van der Waals surface area contributed by atoms with Crippen molar-refractivity contribution in [3.8, 4) is 11.5 Å². The summed E-state index contributed by atoms with van der Waals surface area (Å²) in [6, 6.07) is 5.23. The number of anilines is 1. The number of ether oxygens (including phenoxy) is 3. The molecule has 7 heteroatoms. The number of morpholine rings is 1. The predicted molar refractivity (Wildman–Crippen MR) is 89.4 cm³/mol. The molecule has 25 heavy (non-hydrogen) atoms. The Kier molecular flexibility index (Phi) is 3.16. The summed E-state index contributed by atoms with van der Waals surface area (Å²) in [7, 11) is 0. The van der Waals surface area contributed by atoms with Crippen LogP contribution in [0.5, 0.6) is 11.5 Å². The second-order valence-electron chi connectivity index (χ2n) is 7.87. The largest absolute Gasteiger partial charge is 0.456 e. The van der Waals surface area contributed by atoms with E-state index in [1.165, 1.54) is 0 Å². The van der Waals surface area contributed by atoms with Gasteiger partial charge in [0.1, 0.15) is 11.1 Å². The lowest BCUT2D eigenvalue weighted by atomic mass is 9.80. The molecule has 2 saturated heterocycles. The molecular weight excluding hydrogens is 324 g/mol. The van der Waals surface area contributed by atoms with Crippen LogP contribution in [0.15, 0.2) is 18.2 Å². The van der Waals surface area contributed by atoms with E-state index in [9.17, 15) is 9.59 Å². The topological polar surface area (TPSA) is 85.9 Å². The van der Waals surface area contributed by atoms with Crippen LogP contribution < -0.4 is 20.1 Å². The number of benzene rings is 1. The van der Waals surface area contributed by atoms with Crippen LogP contribution in [0.2, 0.25) is 0 Å². The molecule has 0 aromatic heterocycles. The zero-order chi connectivity index (χ0) is 18.0. The molecule has 1 aromatic carbocycles. The molecule has 3 aliphatic heterocycles. The second kappa shape index (κ2) is 4.88. The lowest BCUT2D eigenvalue weighted by Gasteiger charge is -2.47. The van der Waals surface area contributed by atoms with Gasteiger partial charge in [0.2, 0.25) is 12.7 Å². The summed E-state index contributed by atoms with van der Waals surface area (Å²) in [4.78, 5) is 25.5. The zero-order valence-electron chi connectivity index (χ0n) is 14.8. The Labute approximate surface area is 146 Å². The highest BCUT2D eigenvalue weighted by Gasteiger charge is 2.67. The molecule has 2 bridgehead atoms. The Morgan fingerprint density at radius 3 is 2.68 bits per heavy atom. The van der Waals surface area contributed by atoms with Gasteiger partial charge >= 0.3 is 5.97 Å². The molecule has 0 unspecified atom stereocenters. The van der Waals surface area contributed by atoms with Gasteiger partial charge in [-0.1, -0.05) is 0 Å². The zero-order valence-corrected chi connectivity index (χ0v) is 14.8. The van der Waals surface area contributed by atoms with Crippen molar-refractivity contribution in [1.29, 1.82) is 0 Å². The molecule has 3 heterocycles. The minimum atomic E-state index is -1.04. The van der Waals surface area contributed by atoms with Crippen molar-refractivity contribution < 1.29 is 23.8 Å². The fourth-order valence-electron chi connectivity index (χ4n) is 3.92. The molecule has 4 rings (SSSR count). The van der Waals surface area contributed by atoms with E-state index in [0.717, 1.165) is 0 Å². The van der Waals surface area contributed by atoms with E-state index < -0.39 is 28.6 Å². The van der Waals surface area contributed by atoms with Gasteiger partial charge in [-0.15, -0.1) is 0 Å². The Morgan fingerprint density at radius 2 is 1.92 bits per heavy atom. The summed E-state index contributed by atoms with van der Waals surface area (Å²) in [5.41, 5.74) is -1.58. The van der Waals surface area contributed by atoms with Crippen LogP contribution in [0.1, 0.15) is 34.1 Å². The fourth-order valence-corrected chi connectivity index (χ4v) is 3.92. The van der Waals surface area contributed by atoms with Crippen molar-refractivity contribution in [2.45, 2.75) is 50.8 Å². The number of fused-ring (bicyclic) bond motifs is 3. The van der Waals surface area contributed by atoms with Crippen LogP contribution in [-0.4, -0.2) is 35.3 Å². The molecule has 0 aliphatic carbocycles. The molecule has 3 atom stereocenters. The maximum absolute atomic E-state index is 12.9. The Bertz CT molecular complexity index is 777. The Balaban J connectivity index is 1.59. The summed E-state index contributed by atoms with van der Waals surface area (Å²) < 4.78 is 16.3. The first kappa shape index (κ1) is 16.2. The number of rotatable bonds is 2. The highest BCUT2D eigenvalue weighted by Crippen LogP contribution is 2.48. The number of carbonyl (C=O) groups is 2. The first-order valence-corrected chi connectivity index (χ1v) is 8.38. The molecular formula is C18H22N2O5. The fraction of sp³-hybridized carbons (Fsp3) is 0.556. The lowest BCUT2D eigenvalue weighted by Crippen LogP contribution is -2.69. The highest BCUT2D eigenvalue weighted by molar-refractivity contribution is 5.99. The van der Waals surface area contributed by atoms with Crippen molar-refractivity contribution in [2.24, 2.45) is 5.92 Å². The molecule has 3 aliphatic rings. The maximum atomic E-state index is 12.9. The monoisotopic (exact) mass is 346 g/mol. The summed E-state index contributed by atoms with van der Waals surface area (Å²) in [5, 5.41) is 6.26. The van der Waals surface area contributed by atoms with E-state index in [1.807, 2.05) is 20.8 Å². The molecule has 0 spiro atoms. The molecule has 2 N–H and O–H groups in total.